The van der Waals surface area contributed by atoms with Crippen LogP contribution in [-0.2, 0) is 28.8 Å². The summed E-state index contributed by atoms with van der Waals surface area (Å²) >= 11 is 0. The highest BCUT2D eigenvalue weighted by Gasteiger charge is 2.29. The van der Waals surface area contributed by atoms with Crippen molar-refractivity contribution in [3.63, 3.8) is 0 Å². The third-order valence-corrected chi connectivity index (χ3v) is 3.94. The largest absolute Gasteiger partial charge is 0.481 e. The Morgan fingerprint density at radius 1 is 0.516 bits per heavy atom. The van der Waals surface area contributed by atoms with Crippen molar-refractivity contribution in [3.8, 4) is 0 Å². The number of hydrogen-bond donors (Lipinski definition) is 6. The lowest BCUT2D eigenvalue weighted by atomic mass is 10.1. The lowest BCUT2D eigenvalue weighted by molar-refractivity contribution is -0.150. The predicted molar refractivity (Wildman–Crippen MR) is 98.7 cm³/mol. The molecule has 0 amide bonds. The van der Waals surface area contributed by atoms with Crippen LogP contribution in [0.15, 0.2) is 0 Å². The van der Waals surface area contributed by atoms with Gasteiger partial charge in [0, 0.05) is 26.2 Å². The van der Waals surface area contributed by atoms with Crippen molar-refractivity contribution in [3.05, 3.63) is 0 Å². The predicted octanol–water partition coefficient (Wildman–Crippen LogP) is -2.84. The van der Waals surface area contributed by atoms with E-state index in [9.17, 15) is 33.9 Å². The number of nitrogens with zero attached hydrogens (tertiary/aromatic N) is 3. The average Bonchev–Trinajstić information content (AvgIpc) is 2.57. The monoisotopic (exact) mass is 451 g/mol. The maximum atomic E-state index is 11.6. The van der Waals surface area contributed by atoms with Crippen molar-refractivity contribution >= 4 is 35.8 Å². The van der Waals surface area contributed by atoms with Gasteiger partial charge in [-0.25, -0.2) is 0 Å². The third-order valence-electron chi connectivity index (χ3n) is 3.94. The molecule has 0 aliphatic heterocycles. The van der Waals surface area contributed by atoms with E-state index in [0.29, 0.717) is 0 Å². The van der Waals surface area contributed by atoms with Gasteiger partial charge in [0.25, 0.3) is 0 Å². The van der Waals surface area contributed by atoms with Crippen LogP contribution >= 0.6 is 0 Å². The summed E-state index contributed by atoms with van der Waals surface area (Å²) in [5.74, 6) is -8.29. The minimum atomic E-state index is -1.59. The molecule has 176 valence electrons. The van der Waals surface area contributed by atoms with Crippen LogP contribution in [0, 0.1) is 0 Å². The summed E-state index contributed by atoms with van der Waals surface area (Å²) in [6, 6.07) is -1.59. The summed E-state index contributed by atoms with van der Waals surface area (Å²) in [6.07, 6.45) is -0.842. The summed E-state index contributed by atoms with van der Waals surface area (Å²) in [4.78, 5) is 69.3. The maximum absolute atomic E-state index is 11.6. The molecular weight excluding hydrogens is 426 g/mol. The first-order chi connectivity index (χ1) is 14.3. The minimum absolute atomic E-state index is 0.250. The molecule has 0 radical (unpaired) electrons. The maximum Gasteiger partial charge on any atom is 0.321 e. The van der Waals surface area contributed by atoms with Gasteiger partial charge in [-0.1, -0.05) is 0 Å². The van der Waals surface area contributed by atoms with Crippen LogP contribution < -0.4 is 0 Å². The molecule has 15 nitrogen and oxygen atoms in total. The van der Waals surface area contributed by atoms with E-state index in [0.717, 1.165) is 14.7 Å². The second-order valence-electron chi connectivity index (χ2n) is 6.48. The molecule has 1 unspecified atom stereocenters. The Kier molecular flexibility index (Phi) is 12.4. The number of carbonyl (C=O) groups is 6. The lowest BCUT2D eigenvalue weighted by Crippen LogP contribution is -2.50. The van der Waals surface area contributed by atoms with Gasteiger partial charge in [-0.3, -0.25) is 43.5 Å². The van der Waals surface area contributed by atoms with Crippen molar-refractivity contribution < 1.29 is 59.4 Å². The normalized spacial score (nSPS) is 12.1. The van der Waals surface area contributed by atoms with E-state index in [1.54, 1.807) is 0 Å². The van der Waals surface area contributed by atoms with Crippen molar-refractivity contribution in [1.29, 1.82) is 0 Å². The van der Waals surface area contributed by atoms with E-state index in [-0.39, 0.29) is 26.2 Å². The fraction of sp³-hybridized carbons (Fsp3) is 0.625. The van der Waals surface area contributed by atoms with Gasteiger partial charge in [0.2, 0.25) is 0 Å². The van der Waals surface area contributed by atoms with Gasteiger partial charge in [-0.2, -0.15) is 0 Å². The van der Waals surface area contributed by atoms with Gasteiger partial charge in [0.05, 0.1) is 32.6 Å². The van der Waals surface area contributed by atoms with Gasteiger partial charge < -0.3 is 30.6 Å². The van der Waals surface area contributed by atoms with Crippen molar-refractivity contribution in [1.82, 2.24) is 14.7 Å². The Labute approximate surface area is 175 Å². The number of carboxylic acids is 6. The molecular formula is C16H25N3O12. The number of hydrogen-bond acceptors (Lipinski definition) is 9. The second kappa shape index (κ2) is 13.8. The first-order valence-corrected chi connectivity index (χ1v) is 8.82. The molecule has 6 N–H and O–H groups in total. The molecule has 0 aromatic carbocycles. The van der Waals surface area contributed by atoms with Crippen LogP contribution in [0.3, 0.4) is 0 Å². The first-order valence-electron chi connectivity index (χ1n) is 8.82. The molecule has 0 aromatic heterocycles. The van der Waals surface area contributed by atoms with E-state index in [1.165, 1.54) is 0 Å². The van der Waals surface area contributed by atoms with Gasteiger partial charge in [0.1, 0.15) is 6.04 Å². The molecule has 15 heteroatoms. The Morgan fingerprint density at radius 3 is 1.06 bits per heavy atom. The molecule has 0 bridgehead atoms. The summed E-state index contributed by atoms with van der Waals surface area (Å²) in [5, 5.41) is 53.9. The van der Waals surface area contributed by atoms with Crippen molar-refractivity contribution in [2.45, 2.75) is 12.5 Å². The topological polar surface area (TPSA) is 234 Å². The molecule has 0 rings (SSSR count). The molecule has 1 atom stereocenters. The number of carboxylic acid groups (broad SMARTS) is 6. The molecule has 0 aliphatic rings. The quantitative estimate of drug-likeness (QED) is 0.123. The van der Waals surface area contributed by atoms with Crippen LogP contribution in [0.4, 0.5) is 0 Å². The summed E-state index contributed by atoms with van der Waals surface area (Å²) < 4.78 is 0. The average molecular weight is 451 g/mol. The van der Waals surface area contributed by atoms with Crippen molar-refractivity contribution in [2.75, 3.05) is 52.4 Å². The highest BCUT2D eigenvalue weighted by Crippen LogP contribution is 2.07. The fourth-order valence-electron chi connectivity index (χ4n) is 2.69. The Balaban J connectivity index is 5.49. The van der Waals surface area contributed by atoms with Crippen LogP contribution in [0.5, 0.6) is 0 Å². The molecule has 0 saturated heterocycles. The Hall–Kier alpha value is -3.30. The fourth-order valence-corrected chi connectivity index (χ4v) is 2.69. The summed E-state index contributed by atoms with van der Waals surface area (Å²) in [5.41, 5.74) is 0. The van der Waals surface area contributed by atoms with E-state index < -0.39 is 74.5 Å². The number of aliphatic carboxylic acids is 6. The molecule has 31 heavy (non-hydrogen) atoms. The van der Waals surface area contributed by atoms with Gasteiger partial charge >= 0.3 is 35.8 Å². The zero-order valence-corrected chi connectivity index (χ0v) is 16.4. The van der Waals surface area contributed by atoms with E-state index >= 15 is 0 Å². The molecule has 0 spiro atoms. The SMILES string of the molecule is O=C(O)CC(C(=O)O)N(CCN(CC(=O)O)CC(=O)O)CCN(CC(=O)O)CC(=O)O. The van der Waals surface area contributed by atoms with Crippen LogP contribution in [0.1, 0.15) is 6.42 Å². The van der Waals surface area contributed by atoms with E-state index in [2.05, 4.69) is 0 Å². The zero-order valence-electron chi connectivity index (χ0n) is 16.4. The van der Waals surface area contributed by atoms with Crippen LogP contribution in [-0.4, -0.2) is 140 Å². The minimum Gasteiger partial charge on any atom is -0.481 e. The Bertz CT molecular complexity index is 611. The van der Waals surface area contributed by atoms with Crippen LogP contribution in [0.25, 0.3) is 0 Å². The highest BCUT2D eigenvalue weighted by atomic mass is 16.4. The summed E-state index contributed by atoms with van der Waals surface area (Å²) in [7, 11) is 0. The second-order valence-corrected chi connectivity index (χ2v) is 6.48. The molecule has 0 heterocycles. The summed E-state index contributed by atoms with van der Waals surface area (Å²) in [6.45, 7) is -3.69. The third kappa shape index (κ3) is 13.5. The molecule has 0 aliphatic carbocycles. The smallest absolute Gasteiger partial charge is 0.321 e. The standard InChI is InChI=1S/C16H25N3O12/c20-11(21)5-10(16(30)31)19(3-1-17(6-12(22)23)7-13(24)25)4-2-18(8-14(26)27)9-15(28)29/h10H,1-9H2,(H,20,21)(H,22,23)(H,24,25)(H,26,27)(H,28,29)(H,30,31). The van der Waals surface area contributed by atoms with Gasteiger partial charge in [0.15, 0.2) is 0 Å². The molecule has 0 aromatic rings. The molecule has 0 fully saturated rings. The highest BCUT2D eigenvalue weighted by molar-refractivity contribution is 5.80. The molecule has 0 saturated carbocycles. The van der Waals surface area contributed by atoms with Crippen LogP contribution in [0.2, 0.25) is 0 Å². The lowest BCUT2D eigenvalue weighted by Gasteiger charge is -2.31. The Morgan fingerprint density at radius 2 is 0.839 bits per heavy atom. The van der Waals surface area contributed by atoms with Gasteiger partial charge in [-0.15, -0.1) is 0 Å². The van der Waals surface area contributed by atoms with Crippen molar-refractivity contribution in [2.24, 2.45) is 0 Å². The first kappa shape index (κ1) is 27.7. The van der Waals surface area contributed by atoms with E-state index in [1.807, 2.05) is 0 Å². The number of rotatable bonds is 18. The zero-order chi connectivity index (χ0) is 24.1. The van der Waals surface area contributed by atoms with E-state index in [4.69, 9.17) is 25.5 Å². The van der Waals surface area contributed by atoms with Gasteiger partial charge in [-0.05, 0) is 0 Å².